The second-order valence-corrected chi connectivity index (χ2v) is 10.2. The van der Waals surface area contributed by atoms with Crippen LogP contribution in [0.2, 0.25) is 0 Å². The Morgan fingerprint density at radius 2 is 1.81 bits per heavy atom. The summed E-state index contributed by atoms with van der Waals surface area (Å²) in [5.74, 6) is -0.753. The molecule has 0 aliphatic rings. The summed E-state index contributed by atoms with van der Waals surface area (Å²) in [5.41, 5.74) is 0.708. The van der Waals surface area contributed by atoms with E-state index in [-0.39, 0.29) is 24.0 Å². The largest absolute Gasteiger partial charge is 0.416 e. The molecule has 10 heteroatoms. The van der Waals surface area contributed by atoms with Crippen molar-refractivity contribution in [3.63, 3.8) is 0 Å². The Hall–Kier alpha value is -2.88. The maximum atomic E-state index is 13.1. The first kappa shape index (κ1) is 23.8. The van der Waals surface area contributed by atoms with Gasteiger partial charge in [0.25, 0.3) is 0 Å². The van der Waals surface area contributed by atoms with Gasteiger partial charge in [-0.15, -0.1) is 0 Å². The SMILES string of the molecule is CC(C)C(NC(=O)Cn1c(CS(C)(=O)=O)nc2ccccc21)c1cccc(C(F)(F)F)c1. The Morgan fingerprint density at radius 1 is 1.12 bits per heavy atom. The highest BCUT2D eigenvalue weighted by molar-refractivity contribution is 7.89. The fraction of sp³-hybridized carbons (Fsp3) is 0.364. The van der Waals surface area contributed by atoms with E-state index in [0.29, 0.717) is 16.6 Å². The second-order valence-electron chi connectivity index (χ2n) is 8.09. The molecule has 0 saturated carbocycles. The maximum absolute atomic E-state index is 13.1. The monoisotopic (exact) mass is 467 g/mol. The molecule has 1 aromatic heterocycles. The number of rotatable bonds is 7. The van der Waals surface area contributed by atoms with Gasteiger partial charge in [0.05, 0.1) is 22.6 Å². The zero-order valence-electron chi connectivity index (χ0n) is 17.8. The van der Waals surface area contributed by atoms with Gasteiger partial charge in [-0.2, -0.15) is 13.2 Å². The van der Waals surface area contributed by atoms with Gasteiger partial charge in [-0.1, -0.05) is 38.1 Å². The fourth-order valence-electron chi connectivity index (χ4n) is 3.55. The Morgan fingerprint density at radius 3 is 2.44 bits per heavy atom. The van der Waals surface area contributed by atoms with Crippen LogP contribution in [0.15, 0.2) is 48.5 Å². The first-order valence-corrected chi connectivity index (χ1v) is 12.0. The van der Waals surface area contributed by atoms with Crippen LogP contribution in [-0.4, -0.2) is 30.1 Å². The van der Waals surface area contributed by atoms with Crippen LogP contribution < -0.4 is 5.32 Å². The molecule has 32 heavy (non-hydrogen) atoms. The van der Waals surface area contributed by atoms with Crippen molar-refractivity contribution >= 4 is 26.8 Å². The van der Waals surface area contributed by atoms with Crippen molar-refractivity contribution in [2.75, 3.05) is 6.26 Å². The van der Waals surface area contributed by atoms with Crippen molar-refractivity contribution in [1.29, 1.82) is 0 Å². The van der Waals surface area contributed by atoms with E-state index in [2.05, 4.69) is 10.3 Å². The Kier molecular flexibility index (Phi) is 6.64. The third kappa shape index (κ3) is 5.67. The van der Waals surface area contributed by atoms with Crippen LogP contribution in [-0.2, 0) is 33.1 Å². The second kappa shape index (κ2) is 8.93. The van der Waals surface area contributed by atoms with Crippen LogP contribution in [0.1, 0.15) is 36.8 Å². The Balaban J connectivity index is 1.90. The van der Waals surface area contributed by atoms with Crippen LogP contribution in [0, 0.1) is 5.92 Å². The number of imidazole rings is 1. The summed E-state index contributed by atoms with van der Waals surface area (Å²) < 4.78 is 64.6. The number of alkyl halides is 3. The minimum atomic E-state index is -4.49. The van der Waals surface area contributed by atoms with E-state index in [9.17, 15) is 26.4 Å². The zero-order valence-corrected chi connectivity index (χ0v) is 18.7. The topological polar surface area (TPSA) is 81.1 Å². The van der Waals surface area contributed by atoms with E-state index >= 15 is 0 Å². The molecule has 0 spiro atoms. The molecule has 0 fully saturated rings. The molecule has 0 aliphatic carbocycles. The van der Waals surface area contributed by atoms with Crippen molar-refractivity contribution in [2.45, 2.75) is 38.4 Å². The maximum Gasteiger partial charge on any atom is 0.416 e. The molecule has 1 atom stereocenters. The van der Waals surface area contributed by atoms with E-state index in [1.807, 2.05) is 0 Å². The van der Waals surface area contributed by atoms with Crippen molar-refractivity contribution < 1.29 is 26.4 Å². The molecule has 172 valence electrons. The van der Waals surface area contributed by atoms with Crippen molar-refractivity contribution in [2.24, 2.45) is 5.92 Å². The average Bonchev–Trinajstić information content (AvgIpc) is 3.00. The Bertz CT molecular complexity index is 1230. The predicted molar refractivity (Wildman–Crippen MR) is 115 cm³/mol. The number of amides is 1. The van der Waals surface area contributed by atoms with Crippen LogP contribution in [0.4, 0.5) is 13.2 Å². The molecule has 0 bridgehead atoms. The van der Waals surface area contributed by atoms with E-state index < -0.39 is 33.5 Å². The number of nitrogens with zero attached hydrogens (tertiary/aromatic N) is 2. The molecular weight excluding hydrogens is 443 g/mol. The quantitative estimate of drug-likeness (QED) is 0.567. The molecular formula is C22H24F3N3O3S. The van der Waals surface area contributed by atoms with Crippen molar-refractivity contribution in [3.8, 4) is 0 Å². The minimum absolute atomic E-state index is 0.183. The number of hydrogen-bond acceptors (Lipinski definition) is 4. The number of fused-ring (bicyclic) bond motifs is 1. The van der Waals surface area contributed by atoms with Gasteiger partial charge < -0.3 is 9.88 Å². The lowest BCUT2D eigenvalue weighted by Gasteiger charge is -2.24. The number of hydrogen-bond donors (Lipinski definition) is 1. The molecule has 1 heterocycles. The van der Waals surface area contributed by atoms with Gasteiger partial charge in [0.1, 0.15) is 18.1 Å². The summed E-state index contributed by atoms with van der Waals surface area (Å²) in [4.78, 5) is 17.3. The predicted octanol–water partition coefficient (Wildman–Crippen LogP) is 4.11. The summed E-state index contributed by atoms with van der Waals surface area (Å²) in [5, 5.41) is 2.80. The molecule has 1 N–H and O–H groups in total. The van der Waals surface area contributed by atoms with Crippen molar-refractivity contribution in [1.82, 2.24) is 14.9 Å². The van der Waals surface area contributed by atoms with Crippen LogP contribution in [0.5, 0.6) is 0 Å². The number of nitrogens with one attached hydrogen (secondary N) is 1. The normalized spacial score (nSPS) is 13.5. The number of carbonyl (C=O) groups excluding carboxylic acids is 1. The number of halogens is 3. The van der Waals surface area contributed by atoms with Gasteiger partial charge in [-0.3, -0.25) is 4.79 Å². The van der Waals surface area contributed by atoms with Gasteiger partial charge in [0.2, 0.25) is 5.91 Å². The molecule has 0 saturated heterocycles. The highest BCUT2D eigenvalue weighted by Gasteiger charge is 2.31. The van der Waals surface area contributed by atoms with E-state index in [1.54, 1.807) is 44.2 Å². The summed E-state index contributed by atoms with van der Waals surface area (Å²) >= 11 is 0. The number of aromatic nitrogens is 2. The molecule has 1 amide bonds. The van der Waals surface area contributed by atoms with Crippen LogP contribution in [0.3, 0.4) is 0 Å². The number of sulfone groups is 1. The zero-order chi connectivity index (χ0) is 23.7. The lowest BCUT2D eigenvalue weighted by molar-refractivity contribution is -0.137. The van der Waals surface area contributed by atoms with Gasteiger partial charge >= 0.3 is 6.18 Å². The summed E-state index contributed by atoms with van der Waals surface area (Å²) in [6.45, 7) is 3.38. The van der Waals surface area contributed by atoms with Gasteiger partial charge in [-0.05, 0) is 35.7 Å². The van der Waals surface area contributed by atoms with Crippen molar-refractivity contribution in [3.05, 3.63) is 65.5 Å². The van der Waals surface area contributed by atoms with E-state index in [1.165, 1.54) is 10.6 Å². The highest BCUT2D eigenvalue weighted by Crippen LogP contribution is 2.32. The third-order valence-electron chi connectivity index (χ3n) is 4.98. The molecule has 3 aromatic rings. The summed E-state index contributed by atoms with van der Waals surface area (Å²) in [7, 11) is -3.40. The lowest BCUT2D eigenvalue weighted by atomic mass is 9.94. The molecule has 3 rings (SSSR count). The standard InChI is InChI=1S/C22H24F3N3O3S/c1-14(2)21(15-7-6-8-16(11-15)22(23,24)25)27-20(29)12-28-18-10-5-4-9-17(18)26-19(28)13-32(3,30)31/h4-11,14,21H,12-13H2,1-3H3,(H,27,29). The Labute approximate surface area is 184 Å². The molecule has 0 aliphatic heterocycles. The number of para-hydroxylation sites is 2. The van der Waals surface area contributed by atoms with Gasteiger partial charge in [0.15, 0.2) is 9.84 Å². The van der Waals surface area contributed by atoms with E-state index in [0.717, 1.165) is 18.4 Å². The first-order chi connectivity index (χ1) is 14.8. The minimum Gasteiger partial charge on any atom is -0.347 e. The molecule has 6 nitrogen and oxygen atoms in total. The molecule has 0 radical (unpaired) electrons. The highest BCUT2D eigenvalue weighted by atomic mass is 32.2. The van der Waals surface area contributed by atoms with Crippen LogP contribution >= 0.6 is 0 Å². The summed E-state index contributed by atoms with van der Waals surface area (Å²) in [6, 6.07) is 11.2. The summed E-state index contributed by atoms with van der Waals surface area (Å²) in [6.07, 6.45) is -3.41. The lowest BCUT2D eigenvalue weighted by Crippen LogP contribution is -2.34. The number of carbonyl (C=O) groups is 1. The molecule has 1 unspecified atom stereocenters. The van der Waals surface area contributed by atoms with Gasteiger partial charge in [0, 0.05) is 6.26 Å². The fourth-order valence-corrected chi connectivity index (χ4v) is 4.24. The van der Waals surface area contributed by atoms with Gasteiger partial charge in [-0.25, -0.2) is 13.4 Å². The smallest absolute Gasteiger partial charge is 0.347 e. The molecule has 2 aromatic carbocycles. The van der Waals surface area contributed by atoms with Crippen LogP contribution in [0.25, 0.3) is 11.0 Å². The third-order valence-corrected chi connectivity index (χ3v) is 5.77. The van der Waals surface area contributed by atoms with E-state index in [4.69, 9.17) is 0 Å². The average molecular weight is 468 g/mol. The first-order valence-electron chi connectivity index (χ1n) is 9.93. The number of benzene rings is 2.